The topological polar surface area (TPSA) is 92.3 Å². The zero-order valence-electron chi connectivity index (χ0n) is 14.9. The standard InChI is InChI=1S/C19H19NO7/c1-3-24-14-6-4-12(8-16(14)23-2)19(22)25-10-18(21)20-13-5-7-15-17(9-13)27-11-26-15/h4-9H,3,10-11H2,1-2H3,(H,20,21). The minimum absolute atomic E-state index is 0.149. The molecule has 0 saturated carbocycles. The van der Waals surface area contributed by atoms with Gasteiger partial charge in [0.2, 0.25) is 6.79 Å². The zero-order chi connectivity index (χ0) is 19.2. The van der Waals surface area contributed by atoms with Gasteiger partial charge in [-0.1, -0.05) is 0 Å². The van der Waals surface area contributed by atoms with Crippen molar-refractivity contribution < 1.29 is 33.3 Å². The van der Waals surface area contributed by atoms with E-state index in [9.17, 15) is 9.59 Å². The average molecular weight is 373 g/mol. The summed E-state index contributed by atoms with van der Waals surface area (Å²) in [5, 5.41) is 2.63. The molecule has 3 rings (SSSR count). The fraction of sp³-hybridized carbons (Fsp3) is 0.263. The number of hydrogen-bond donors (Lipinski definition) is 1. The van der Waals surface area contributed by atoms with Crippen LogP contribution in [-0.2, 0) is 9.53 Å². The second kappa shape index (κ2) is 8.31. The fourth-order valence-electron chi connectivity index (χ4n) is 2.46. The van der Waals surface area contributed by atoms with Gasteiger partial charge in [0.15, 0.2) is 29.6 Å². The zero-order valence-corrected chi connectivity index (χ0v) is 14.9. The molecule has 0 atom stereocenters. The largest absolute Gasteiger partial charge is 0.493 e. The molecule has 0 radical (unpaired) electrons. The number of hydrogen-bond acceptors (Lipinski definition) is 7. The Morgan fingerprint density at radius 3 is 2.67 bits per heavy atom. The highest BCUT2D eigenvalue weighted by atomic mass is 16.7. The Morgan fingerprint density at radius 1 is 1.07 bits per heavy atom. The number of amides is 1. The van der Waals surface area contributed by atoms with Gasteiger partial charge in [0.1, 0.15) is 0 Å². The van der Waals surface area contributed by atoms with Crippen molar-refractivity contribution in [3.05, 3.63) is 42.0 Å². The van der Waals surface area contributed by atoms with Gasteiger partial charge in [-0.2, -0.15) is 0 Å². The fourth-order valence-corrected chi connectivity index (χ4v) is 2.46. The Morgan fingerprint density at radius 2 is 1.89 bits per heavy atom. The molecule has 2 aromatic rings. The molecule has 1 aliphatic heterocycles. The second-order valence-corrected chi connectivity index (χ2v) is 5.49. The molecule has 0 saturated heterocycles. The number of nitrogens with one attached hydrogen (secondary N) is 1. The summed E-state index contributed by atoms with van der Waals surface area (Å²) in [4.78, 5) is 24.2. The lowest BCUT2D eigenvalue weighted by atomic mass is 10.2. The summed E-state index contributed by atoms with van der Waals surface area (Å²) in [6.45, 7) is 2.04. The van der Waals surface area contributed by atoms with Crippen molar-refractivity contribution in [2.75, 3.05) is 32.4 Å². The average Bonchev–Trinajstić information content (AvgIpc) is 3.14. The SMILES string of the molecule is CCOc1ccc(C(=O)OCC(=O)Nc2ccc3c(c2)OCO3)cc1OC. The summed E-state index contributed by atoms with van der Waals surface area (Å²) in [5.41, 5.74) is 0.772. The molecular formula is C19H19NO7. The maximum absolute atomic E-state index is 12.2. The van der Waals surface area contributed by atoms with Crippen LogP contribution in [0.3, 0.4) is 0 Å². The number of carbonyl (C=O) groups is 2. The first-order valence-corrected chi connectivity index (χ1v) is 8.28. The Labute approximate surface area is 155 Å². The Kier molecular flexibility index (Phi) is 5.65. The predicted octanol–water partition coefficient (Wildman–Crippen LogP) is 2.62. The minimum atomic E-state index is -0.641. The van der Waals surface area contributed by atoms with Crippen molar-refractivity contribution in [1.29, 1.82) is 0 Å². The van der Waals surface area contributed by atoms with E-state index in [1.54, 1.807) is 30.3 Å². The van der Waals surface area contributed by atoms with Gasteiger partial charge in [0.25, 0.3) is 5.91 Å². The maximum Gasteiger partial charge on any atom is 0.338 e. The third-order valence-electron chi connectivity index (χ3n) is 3.69. The lowest BCUT2D eigenvalue weighted by Crippen LogP contribution is -2.21. The molecule has 27 heavy (non-hydrogen) atoms. The van der Waals surface area contributed by atoms with Crippen LogP contribution in [0.15, 0.2) is 36.4 Å². The smallest absolute Gasteiger partial charge is 0.338 e. The van der Waals surface area contributed by atoms with Crippen LogP contribution in [0.5, 0.6) is 23.0 Å². The van der Waals surface area contributed by atoms with Crippen LogP contribution in [0.25, 0.3) is 0 Å². The van der Waals surface area contributed by atoms with Crippen molar-refractivity contribution >= 4 is 17.6 Å². The normalized spacial score (nSPS) is 11.6. The maximum atomic E-state index is 12.2. The molecule has 0 bridgehead atoms. The highest BCUT2D eigenvalue weighted by Crippen LogP contribution is 2.34. The van der Waals surface area contributed by atoms with Crippen LogP contribution in [0.4, 0.5) is 5.69 Å². The van der Waals surface area contributed by atoms with E-state index in [-0.39, 0.29) is 12.4 Å². The molecule has 0 fully saturated rings. The van der Waals surface area contributed by atoms with Gasteiger partial charge in [-0.15, -0.1) is 0 Å². The van der Waals surface area contributed by atoms with E-state index < -0.39 is 18.5 Å². The van der Waals surface area contributed by atoms with E-state index in [2.05, 4.69) is 5.32 Å². The first-order chi connectivity index (χ1) is 13.1. The van der Waals surface area contributed by atoms with E-state index in [1.807, 2.05) is 6.92 Å². The van der Waals surface area contributed by atoms with Crippen molar-refractivity contribution in [2.45, 2.75) is 6.92 Å². The van der Waals surface area contributed by atoms with Crippen LogP contribution in [-0.4, -0.2) is 39.0 Å². The highest BCUT2D eigenvalue weighted by Gasteiger charge is 2.16. The first-order valence-electron chi connectivity index (χ1n) is 8.28. The van der Waals surface area contributed by atoms with Gasteiger partial charge in [-0.25, -0.2) is 4.79 Å². The minimum Gasteiger partial charge on any atom is -0.493 e. The molecule has 0 unspecified atom stereocenters. The molecular weight excluding hydrogens is 354 g/mol. The van der Waals surface area contributed by atoms with Crippen molar-refractivity contribution in [3.63, 3.8) is 0 Å². The summed E-state index contributed by atoms with van der Waals surface area (Å²) >= 11 is 0. The van der Waals surface area contributed by atoms with Crippen LogP contribution in [0.1, 0.15) is 17.3 Å². The van der Waals surface area contributed by atoms with E-state index in [0.29, 0.717) is 35.3 Å². The summed E-state index contributed by atoms with van der Waals surface area (Å²) in [7, 11) is 1.48. The van der Waals surface area contributed by atoms with Crippen molar-refractivity contribution in [1.82, 2.24) is 0 Å². The lowest BCUT2D eigenvalue weighted by molar-refractivity contribution is -0.119. The van der Waals surface area contributed by atoms with Crippen LogP contribution >= 0.6 is 0 Å². The summed E-state index contributed by atoms with van der Waals surface area (Å²) < 4.78 is 26.1. The van der Waals surface area contributed by atoms with Crippen LogP contribution in [0, 0.1) is 0 Å². The van der Waals surface area contributed by atoms with E-state index in [1.165, 1.54) is 13.2 Å². The molecule has 2 aromatic carbocycles. The highest BCUT2D eigenvalue weighted by molar-refractivity contribution is 5.96. The number of esters is 1. The Bertz CT molecular complexity index is 850. The van der Waals surface area contributed by atoms with Crippen molar-refractivity contribution in [2.24, 2.45) is 0 Å². The molecule has 1 N–H and O–H groups in total. The lowest BCUT2D eigenvalue weighted by Gasteiger charge is -2.11. The number of ether oxygens (including phenoxy) is 5. The molecule has 1 amide bonds. The number of benzene rings is 2. The molecule has 142 valence electrons. The Balaban J connectivity index is 1.56. The molecule has 8 nitrogen and oxygen atoms in total. The molecule has 0 spiro atoms. The quantitative estimate of drug-likeness (QED) is 0.746. The Hall–Kier alpha value is -3.42. The molecule has 1 heterocycles. The van der Waals surface area contributed by atoms with E-state index in [0.717, 1.165) is 0 Å². The summed E-state index contributed by atoms with van der Waals surface area (Å²) in [6, 6.07) is 9.67. The number of rotatable bonds is 7. The van der Waals surface area contributed by atoms with Gasteiger partial charge >= 0.3 is 5.97 Å². The molecule has 1 aliphatic rings. The first kappa shape index (κ1) is 18.4. The van der Waals surface area contributed by atoms with Gasteiger partial charge in [-0.3, -0.25) is 4.79 Å². The molecule has 0 aromatic heterocycles. The third kappa shape index (κ3) is 4.41. The predicted molar refractivity (Wildman–Crippen MR) is 95.6 cm³/mol. The molecule has 0 aliphatic carbocycles. The monoisotopic (exact) mass is 373 g/mol. The molecule has 8 heteroatoms. The number of fused-ring (bicyclic) bond motifs is 1. The van der Waals surface area contributed by atoms with Crippen LogP contribution < -0.4 is 24.3 Å². The number of anilines is 1. The summed E-state index contributed by atoms with van der Waals surface area (Å²) in [6.07, 6.45) is 0. The van der Waals surface area contributed by atoms with Crippen LogP contribution in [0.2, 0.25) is 0 Å². The third-order valence-corrected chi connectivity index (χ3v) is 3.69. The van der Waals surface area contributed by atoms with Gasteiger partial charge in [0, 0.05) is 11.8 Å². The number of methoxy groups -OCH3 is 1. The second-order valence-electron chi connectivity index (χ2n) is 5.49. The number of carbonyl (C=O) groups excluding carboxylic acids is 2. The van der Waals surface area contributed by atoms with E-state index >= 15 is 0 Å². The van der Waals surface area contributed by atoms with Gasteiger partial charge in [-0.05, 0) is 37.3 Å². The van der Waals surface area contributed by atoms with Crippen molar-refractivity contribution in [3.8, 4) is 23.0 Å². The summed E-state index contributed by atoms with van der Waals surface area (Å²) in [5.74, 6) is 0.987. The van der Waals surface area contributed by atoms with Gasteiger partial charge < -0.3 is 29.0 Å². The van der Waals surface area contributed by atoms with Gasteiger partial charge in [0.05, 0.1) is 19.3 Å². The van der Waals surface area contributed by atoms with E-state index in [4.69, 9.17) is 23.7 Å².